The van der Waals surface area contributed by atoms with Crippen molar-refractivity contribution in [1.82, 2.24) is 0 Å². The third kappa shape index (κ3) is 3.57. The van der Waals surface area contributed by atoms with E-state index in [1.165, 1.54) is 44.6 Å². The van der Waals surface area contributed by atoms with Gasteiger partial charge in [0, 0.05) is 24.6 Å². The van der Waals surface area contributed by atoms with Crippen LogP contribution in [0.25, 0.3) is 0 Å². The second kappa shape index (κ2) is 7.58. The lowest BCUT2D eigenvalue weighted by Crippen LogP contribution is -2.48. The Hall–Kier alpha value is -1.49. The molecule has 4 bridgehead atoms. The van der Waals surface area contributed by atoms with Crippen LogP contribution in [0.4, 0.5) is 10.1 Å². The molecule has 2 atom stereocenters. The Balaban J connectivity index is 1.31. The summed E-state index contributed by atoms with van der Waals surface area (Å²) < 4.78 is 21.2. The van der Waals surface area contributed by atoms with Gasteiger partial charge in [0.25, 0.3) is 0 Å². The van der Waals surface area contributed by atoms with Crippen LogP contribution >= 0.6 is 11.6 Å². The Bertz CT molecular complexity index is 809. The molecule has 6 heteroatoms. The maximum absolute atomic E-state index is 15.0. The minimum atomic E-state index is -0.814. The van der Waals surface area contributed by atoms with E-state index >= 15 is 4.39 Å². The quantitative estimate of drug-likeness (QED) is 0.616. The third-order valence-corrected chi connectivity index (χ3v) is 8.67. The summed E-state index contributed by atoms with van der Waals surface area (Å²) in [5, 5.41) is 9.86. The van der Waals surface area contributed by atoms with Crippen LogP contribution in [0.1, 0.15) is 57.8 Å². The van der Waals surface area contributed by atoms with Crippen molar-refractivity contribution in [3.63, 3.8) is 0 Å². The van der Waals surface area contributed by atoms with Gasteiger partial charge in [-0.25, -0.2) is 4.39 Å². The summed E-state index contributed by atoms with van der Waals surface area (Å²) in [5.41, 5.74) is 0.586. The Morgan fingerprint density at radius 1 is 1.20 bits per heavy atom. The van der Waals surface area contributed by atoms with Crippen molar-refractivity contribution in [3.05, 3.63) is 23.0 Å². The first kappa shape index (κ1) is 20.4. The molecule has 6 rings (SSSR count). The van der Waals surface area contributed by atoms with E-state index in [0.29, 0.717) is 29.5 Å². The smallest absolute Gasteiger partial charge is 0.308 e. The van der Waals surface area contributed by atoms with Crippen molar-refractivity contribution < 1.29 is 19.0 Å². The van der Waals surface area contributed by atoms with Crippen LogP contribution in [0, 0.1) is 34.9 Å². The summed E-state index contributed by atoms with van der Waals surface area (Å²) >= 11 is 6.50. The molecule has 5 aliphatic rings. The molecule has 1 aromatic carbocycles. The third-order valence-electron chi connectivity index (χ3n) is 8.37. The molecule has 4 nitrogen and oxygen atoms in total. The topological polar surface area (TPSA) is 49.8 Å². The lowest BCUT2D eigenvalue weighted by Gasteiger charge is -2.56. The molecule has 0 saturated heterocycles. The standard InChI is InChI=1S/C24H31ClFNO3/c1-27(20-4-2-3-17(20)23(28)29)21-8-18(25)22(9-19(21)26)30-13-24-10-14-5-15(11-24)7-16(6-14)12-24/h8-9,14-17,20H,2-7,10-13H2,1H3,(H,28,29)/t14?,15?,16?,17-,20-,24?/m1/s1. The summed E-state index contributed by atoms with van der Waals surface area (Å²) in [6, 6.07) is 2.77. The van der Waals surface area contributed by atoms with Gasteiger partial charge in [0.15, 0.2) is 0 Å². The summed E-state index contributed by atoms with van der Waals surface area (Å²) in [6.07, 6.45) is 10.1. The van der Waals surface area contributed by atoms with Gasteiger partial charge in [0.1, 0.15) is 11.6 Å². The normalized spacial score (nSPS) is 36.8. The number of carbonyl (C=O) groups is 1. The summed E-state index contributed by atoms with van der Waals surface area (Å²) in [6.45, 7) is 0.620. The van der Waals surface area contributed by atoms with Gasteiger partial charge in [-0.05, 0) is 75.2 Å². The number of rotatable bonds is 6. The number of nitrogens with zero attached hydrogens (tertiary/aromatic N) is 1. The Kier molecular flexibility index (Phi) is 5.16. The van der Waals surface area contributed by atoms with Gasteiger partial charge in [-0.1, -0.05) is 18.0 Å². The van der Waals surface area contributed by atoms with Crippen LogP contribution in [0.5, 0.6) is 5.75 Å². The predicted octanol–water partition coefficient (Wildman–Crippen LogP) is 5.76. The van der Waals surface area contributed by atoms with Crippen LogP contribution in [-0.2, 0) is 4.79 Å². The van der Waals surface area contributed by atoms with Crippen LogP contribution in [0.3, 0.4) is 0 Å². The SMILES string of the molecule is CN(c1cc(Cl)c(OCC23CC4CC(CC(C4)C2)C3)cc1F)[C@@H]1CCC[C@H]1C(=O)O. The fourth-order valence-corrected chi connectivity index (χ4v) is 7.68. The zero-order valence-corrected chi connectivity index (χ0v) is 18.3. The van der Waals surface area contributed by atoms with Crippen LogP contribution in [-0.4, -0.2) is 30.8 Å². The molecule has 1 aromatic rings. The lowest BCUT2D eigenvalue weighted by atomic mass is 9.50. The van der Waals surface area contributed by atoms with Crippen LogP contribution in [0.15, 0.2) is 12.1 Å². The molecule has 0 aromatic heterocycles. The highest BCUT2D eigenvalue weighted by Gasteiger charge is 2.51. The van der Waals surface area contributed by atoms with E-state index in [1.807, 2.05) is 0 Å². The highest BCUT2D eigenvalue weighted by molar-refractivity contribution is 6.32. The second-order valence-electron chi connectivity index (χ2n) is 10.5. The van der Waals surface area contributed by atoms with Gasteiger partial charge in [-0.3, -0.25) is 4.79 Å². The molecule has 5 aliphatic carbocycles. The van der Waals surface area contributed by atoms with E-state index in [0.717, 1.165) is 30.6 Å². The fraction of sp³-hybridized carbons (Fsp3) is 0.708. The molecule has 1 N–H and O–H groups in total. The maximum atomic E-state index is 15.0. The van der Waals surface area contributed by atoms with Gasteiger partial charge in [-0.15, -0.1) is 0 Å². The first-order chi connectivity index (χ1) is 14.3. The van der Waals surface area contributed by atoms with Gasteiger partial charge in [0.2, 0.25) is 0 Å². The minimum Gasteiger partial charge on any atom is -0.491 e. The van der Waals surface area contributed by atoms with E-state index in [-0.39, 0.29) is 11.5 Å². The second-order valence-corrected chi connectivity index (χ2v) is 10.9. The van der Waals surface area contributed by atoms with Gasteiger partial charge in [0.05, 0.1) is 23.2 Å². The molecule has 0 radical (unpaired) electrons. The molecule has 5 saturated carbocycles. The van der Waals surface area contributed by atoms with E-state index in [1.54, 1.807) is 18.0 Å². The average Bonchev–Trinajstić information content (AvgIpc) is 3.17. The number of benzene rings is 1. The number of carboxylic acid groups (broad SMARTS) is 1. The Morgan fingerprint density at radius 2 is 1.83 bits per heavy atom. The predicted molar refractivity (Wildman–Crippen MR) is 115 cm³/mol. The molecule has 0 spiro atoms. The molecular weight excluding hydrogens is 405 g/mol. The molecular formula is C24H31ClFNO3. The summed E-state index contributed by atoms with van der Waals surface area (Å²) in [4.78, 5) is 13.3. The van der Waals surface area contributed by atoms with Gasteiger partial charge >= 0.3 is 5.97 Å². The van der Waals surface area contributed by atoms with Crippen molar-refractivity contribution in [3.8, 4) is 5.75 Å². The number of halogens is 2. The highest BCUT2D eigenvalue weighted by Crippen LogP contribution is 2.60. The van der Waals surface area contributed by atoms with E-state index < -0.39 is 17.7 Å². The molecule has 30 heavy (non-hydrogen) atoms. The van der Waals surface area contributed by atoms with E-state index in [9.17, 15) is 9.90 Å². The molecule has 0 aliphatic heterocycles. The minimum absolute atomic E-state index is 0.216. The number of anilines is 1. The maximum Gasteiger partial charge on any atom is 0.308 e. The number of carboxylic acids is 1. The number of hydrogen-bond donors (Lipinski definition) is 1. The van der Waals surface area contributed by atoms with Crippen molar-refractivity contribution >= 4 is 23.3 Å². The highest BCUT2D eigenvalue weighted by atomic mass is 35.5. The van der Waals surface area contributed by atoms with Gasteiger partial charge < -0.3 is 14.7 Å². The molecule has 0 amide bonds. The molecule has 0 unspecified atom stereocenters. The number of ether oxygens (including phenoxy) is 1. The van der Waals surface area contributed by atoms with E-state index in [2.05, 4.69) is 0 Å². The molecule has 164 valence electrons. The zero-order valence-electron chi connectivity index (χ0n) is 17.6. The van der Waals surface area contributed by atoms with Crippen molar-refractivity contribution in [1.29, 1.82) is 0 Å². The number of aliphatic carboxylic acids is 1. The van der Waals surface area contributed by atoms with Crippen LogP contribution < -0.4 is 9.64 Å². The summed E-state index contributed by atoms with van der Waals surface area (Å²) in [5.74, 6) is 1.25. The van der Waals surface area contributed by atoms with Gasteiger partial charge in [-0.2, -0.15) is 0 Å². The van der Waals surface area contributed by atoms with Crippen molar-refractivity contribution in [2.75, 3.05) is 18.6 Å². The largest absolute Gasteiger partial charge is 0.491 e. The monoisotopic (exact) mass is 435 g/mol. The van der Waals surface area contributed by atoms with Crippen LogP contribution in [0.2, 0.25) is 5.02 Å². The Labute approximate surface area is 182 Å². The lowest BCUT2D eigenvalue weighted by molar-refractivity contribution is -0.141. The first-order valence-corrected chi connectivity index (χ1v) is 11.8. The van der Waals surface area contributed by atoms with E-state index in [4.69, 9.17) is 16.3 Å². The number of hydrogen-bond acceptors (Lipinski definition) is 3. The fourth-order valence-electron chi connectivity index (χ4n) is 7.47. The van der Waals surface area contributed by atoms with Crippen molar-refractivity contribution in [2.24, 2.45) is 29.1 Å². The zero-order chi connectivity index (χ0) is 21.0. The summed E-state index contributed by atoms with van der Waals surface area (Å²) in [7, 11) is 1.76. The van der Waals surface area contributed by atoms with Crippen molar-refractivity contribution in [2.45, 2.75) is 63.8 Å². The molecule has 0 heterocycles. The molecule has 5 fully saturated rings. The Morgan fingerprint density at radius 3 is 2.43 bits per heavy atom. The average molecular weight is 436 g/mol. The first-order valence-electron chi connectivity index (χ1n) is 11.4.